The standard InChI is InChI=1S/C15H11ClN2O4/c1-9(19)10-2-5-12(6-3-10)17-15(20)13-8-11(16)4-7-14(13)18(21)22/h2-8H,1H3,(H,17,20). The second kappa shape index (κ2) is 6.36. The van der Waals surface area contributed by atoms with Crippen molar-refractivity contribution in [3.05, 3.63) is 68.7 Å². The molecule has 0 aliphatic heterocycles. The highest BCUT2D eigenvalue weighted by Gasteiger charge is 2.20. The molecule has 0 radical (unpaired) electrons. The van der Waals surface area contributed by atoms with E-state index in [1.807, 2.05) is 0 Å². The van der Waals surface area contributed by atoms with E-state index in [0.29, 0.717) is 11.3 Å². The van der Waals surface area contributed by atoms with Crippen molar-refractivity contribution in [2.75, 3.05) is 5.32 Å². The fraction of sp³-hybridized carbons (Fsp3) is 0.0667. The van der Waals surface area contributed by atoms with Crippen LogP contribution in [0.1, 0.15) is 27.6 Å². The highest BCUT2D eigenvalue weighted by molar-refractivity contribution is 6.31. The first-order valence-electron chi connectivity index (χ1n) is 6.25. The number of hydrogen-bond acceptors (Lipinski definition) is 4. The minimum atomic E-state index is -0.649. The smallest absolute Gasteiger partial charge is 0.282 e. The van der Waals surface area contributed by atoms with Gasteiger partial charge in [-0.25, -0.2) is 0 Å². The van der Waals surface area contributed by atoms with Crippen LogP contribution < -0.4 is 5.32 Å². The predicted octanol–water partition coefficient (Wildman–Crippen LogP) is 3.70. The minimum Gasteiger partial charge on any atom is -0.322 e. The Hall–Kier alpha value is -2.73. The lowest BCUT2D eigenvalue weighted by Gasteiger charge is -2.07. The van der Waals surface area contributed by atoms with Gasteiger partial charge in [0.2, 0.25) is 0 Å². The van der Waals surface area contributed by atoms with E-state index in [2.05, 4.69) is 5.32 Å². The molecule has 112 valence electrons. The van der Waals surface area contributed by atoms with Crippen LogP contribution in [0.25, 0.3) is 0 Å². The Morgan fingerprint density at radius 1 is 1.14 bits per heavy atom. The lowest BCUT2D eigenvalue weighted by Crippen LogP contribution is -2.14. The van der Waals surface area contributed by atoms with Crippen LogP contribution >= 0.6 is 11.6 Å². The number of Topliss-reactive ketones (excluding diaryl/α,β-unsaturated/α-hetero) is 1. The molecule has 6 nitrogen and oxygen atoms in total. The summed E-state index contributed by atoms with van der Waals surface area (Å²) in [5, 5.41) is 13.7. The summed E-state index contributed by atoms with van der Waals surface area (Å²) in [7, 11) is 0. The molecule has 0 bridgehead atoms. The van der Waals surface area contributed by atoms with Crippen LogP contribution in [0.4, 0.5) is 11.4 Å². The van der Waals surface area contributed by atoms with E-state index in [1.54, 1.807) is 24.3 Å². The fourth-order valence-electron chi connectivity index (χ4n) is 1.84. The van der Waals surface area contributed by atoms with E-state index >= 15 is 0 Å². The Morgan fingerprint density at radius 2 is 1.77 bits per heavy atom. The first-order chi connectivity index (χ1) is 10.4. The van der Waals surface area contributed by atoms with Crippen LogP contribution in [0, 0.1) is 10.1 Å². The van der Waals surface area contributed by atoms with Gasteiger partial charge in [-0.15, -0.1) is 0 Å². The topological polar surface area (TPSA) is 89.3 Å². The van der Waals surface area contributed by atoms with Gasteiger partial charge in [0.15, 0.2) is 5.78 Å². The first kappa shape index (κ1) is 15.7. The summed E-state index contributed by atoms with van der Waals surface area (Å²) in [6.07, 6.45) is 0. The van der Waals surface area contributed by atoms with Gasteiger partial charge in [0.05, 0.1) is 4.92 Å². The third kappa shape index (κ3) is 3.48. The number of hydrogen-bond donors (Lipinski definition) is 1. The molecule has 0 saturated carbocycles. The zero-order chi connectivity index (χ0) is 16.3. The van der Waals surface area contributed by atoms with Crippen LogP contribution in [0.5, 0.6) is 0 Å². The molecular weight excluding hydrogens is 308 g/mol. The largest absolute Gasteiger partial charge is 0.322 e. The molecule has 0 aromatic heterocycles. The molecule has 0 aliphatic rings. The lowest BCUT2D eigenvalue weighted by molar-refractivity contribution is -0.385. The third-order valence-electron chi connectivity index (χ3n) is 2.95. The number of nitro groups is 1. The van der Waals surface area contributed by atoms with Gasteiger partial charge in [-0.1, -0.05) is 11.6 Å². The van der Waals surface area contributed by atoms with Crippen molar-refractivity contribution in [3.63, 3.8) is 0 Å². The third-order valence-corrected chi connectivity index (χ3v) is 3.18. The zero-order valence-corrected chi connectivity index (χ0v) is 12.3. The molecule has 7 heteroatoms. The molecule has 1 amide bonds. The van der Waals surface area contributed by atoms with Crippen LogP contribution in [-0.4, -0.2) is 16.6 Å². The molecule has 22 heavy (non-hydrogen) atoms. The first-order valence-corrected chi connectivity index (χ1v) is 6.62. The number of halogens is 1. The Labute approximate surface area is 130 Å². The fourth-order valence-corrected chi connectivity index (χ4v) is 2.01. The van der Waals surface area contributed by atoms with Crippen molar-refractivity contribution in [1.29, 1.82) is 0 Å². The zero-order valence-electron chi connectivity index (χ0n) is 11.5. The summed E-state index contributed by atoms with van der Waals surface area (Å²) in [5.74, 6) is -0.742. The maximum absolute atomic E-state index is 12.2. The van der Waals surface area contributed by atoms with E-state index in [4.69, 9.17) is 11.6 Å². The number of carbonyl (C=O) groups excluding carboxylic acids is 2. The van der Waals surface area contributed by atoms with Gasteiger partial charge < -0.3 is 5.32 Å². The second-order valence-corrected chi connectivity index (χ2v) is 4.94. The summed E-state index contributed by atoms with van der Waals surface area (Å²) >= 11 is 5.78. The number of amides is 1. The number of nitrogens with one attached hydrogen (secondary N) is 1. The van der Waals surface area contributed by atoms with Crippen molar-refractivity contribution in [3.8, 4) is 0 Å². The maximum Gasteiger partial charge on any atom is 0.282 e. The van der Waals surface area contributed by atoms with Gasteiger partial charge in [0.25, 0.3) is 11.6 Å². The number of carbonyl (C=O) groups is 2. The molecular formula is C15H11ClN2O4. The molecule has 0 heterocycles. The number of ketones is 1. The molecule has 2 aromatic carbocycles. The molecule has 0 fully saturated rings. The normalized spacial score (nSPS) is 10.1. The number of nitrogens with zero attached hydrogens (tertiary/aromatic N) is 1. The summed E-state index contributed by atoms with van der Waals surface area (Å²) in [6.45, 7) is 1.43. The average Bonchev–Trinajstić information content (AvgIpc) is 2.47. The van der Waals surface area contributed by atoms with Gasteiger partial charge in [-0.05, 0) is 43.3 Å². The Morgan fingerprint density at radius 3 is 2.32 bits per heavy atom. The van der Waals surface area contributed by atoms with Gasteiger partial charge >= 0.3 is 0 Å². The van der Waals surface area contributed by atoms with Crippen molar-refractivity contribution in [2.45, 2.75) is 6.92 Å². The summed E-state index contributed by atoms with van der Waals surface area (Å²) in [5.41, 5.74) is 0.464. The van der Waals surface area contributed by atoms with E-state index in [0.717, 1.165) is 0 Å². The van der Waals surface area contributed by atoms with Crippen molar-refractivity contribution in [1.82, 2.24) is 0 Å². The molecule has 0 atom stereocenters. The van der Waals surface area contributed by atoms with Crippen LogP contribution in [0.2, 0.25) is 5.02 Å². The number of nitro benzene ring substituents is 1. The van der Waals surface area contributed by atoms with Gasteiger partial charge in [0, 0.05) is 22.3 Å². The maximum atomic E-state index is 12.2. The van der Waals surface area contributed by atoms with Gasteiger partial charge in [-0.3, -0.25) is 19.7 Å². The molecule has 1 N–H and O–H groups in total. The predicted molar refractivity (Wildman–Crippen MR) is 82.5 cm³/mol. The monoisotopic (exact) mass is 318 g/mol. The second-order valence-electron chi connectivity index (χ2n) is 4.51. The summed E-state index contributed by atoms with van der Waals surface area (Å²) in [4.78, 5) is 33.7. The quantitative estimate of drug-likeness (QED) is 0.528. The number of rotatable bonds is 4. The Balaban J connectivity index is 2.27. The van der Waals surface area contributed by atoms with Crippen LogP contribution in [0.15, 0.2) is 42.5 Å². The number of anilines is 1. The SMILES string of the molecule is CC(=O)c1ccc(NC(=O)c2cc(Cl)ccc2[N+](=O)[O-])cc1. The lowest BCUT2D eigenvalue weighted by atomic mass is 10.1. The van der Waals surface area contributed by atoms with Crippen LogP contribution in [-0.2, 0) is 0 Å². The minimum absolute atomic E-state index is 0.0941. The molecule has 2 rings (SSSR count). The highest BCUT2D eigenvalue weighted by atomic mass is 35.5. The average molecular weight is 319 g/mol. The van der Waals surface area contributed by atoms with Crippen LogP contribution in [0.3, 0.4) is 0 Å². The summed E-state index contributed by atoms with van der Waals surface area (Å²) in [6, 6.07) is 9.97. The molecule has 2 aromatic rings. The van der Waals surface area contributed by atoms with E-state index in [-0.39, 0.29) is 22.1 Å². The molecule has 0 unspecified atom stereocenters. The van der Waals surface area contributed by atoms with E-state index < -0.39 is 10.8 Å². The summed E-state index contributed by atoms with van der Waals surface area (Å²) < 4.78 is 0. The Bertz CT molecular complexity index is 757. The molecule has 0 saturated heterocycles. The van der Waals surface area contributed by atoms with E-state index in [9.17, 15) is 19.7 Å². The van der Waals surface area contributed by atoms with Crippen molar-refractivity contribution >= 4 is 34.7 Å². The molecule has 0 spiro atoms. The van der Waals surface area contributed by atoms with E-state index in [1.165, 1.54) is 25.1 Å². The highest BCUT2D eigenvalue weighted by Crippen LogP contribution is 2.24. The molecule has 0 aliphatic carbocycles. The van der Waals surface area contributed by atoms with Gasteiger partial charge in [0.1, 0.15) is 5.56 Å². The van der Waals surface area contributed by atoms with Gasteiger partial charge in [-0.2, -0.15) is 0 Å². The Kier molecular flexibility index (Phi) is 4.53. The van der Waals surface area contributed by atoms with Crippen molar-refractivity contribution < 1.29 is 14.5 Å². The number of benzene rings is 2. The van der Waals surface area contributed by atoms with Crippen molar-refractivity contribution in [2.24, 2.45) is 0 Å².